The number of H-pyrrole nitrogens is 1. The van der Waals surface area contributed by atoms with E-state index in [2.05, 4.69) is 45.7 Å². The Kier molecular flexibility index (Phi) is 3.61. The van der Waals surface area contributed by atoms with Crippen LogP contribution in [0.4, 0.5) is 5.69 Å². The molecular weight excluding hydrogens is 312 g/mol. The molecule has 0 saturated carbocycles. The summed E-state index contributed by atoms with van der Waals surface area (Å²) in [5.41, 5.74) is 5.75. The largest absolute Gasteiger partial charge is 0.361 e. The first kappa shape index (κ1) is 15.2. The van der Waals surface area contributed by atoms with Crippen LogP contribution in [0.1, 0.15) is 16.1 Å². The van der Waals surface area contributed by atoms with Crippen molar-refractivity contribution in [1.29, 1.82) is 0 Å². The van der Waals surface area contributed by atoms with E-state index in [1.54, 1.807) is 24.0 Å². The Morgan fingerprint density at radius 2 is 1.88 bits per heavy atom. The molecule has 0 aliphatic carbocycles. The van der Waals surface area contributed by atoms with Crippen LogP contribution in [0.2, 0.25) is 0 Å². The average Bonchev–Trinajstić information content (AvgIpc) is 3.24. The predicted molar refractivity (Wildman–Crippen MR) is 99.6 cm³/mol. The summed E-state index contributed by atoms with van der Waals surface area (Å²) in [6.07, 6.45) is 3.55. The third-order valence-corrected chi connectivity index (χ3v) is 4.41. The highest BCUT2D eigenvalue weighted by Gasteiger charge is 2.12. The van der Waals surface area contributed by atoms with E-state index >= 15 is 0 Å². The molecule has 0 aliphatic rings. The summed E-state index contributed by atoms with van der Waals surface area (Å²) in [7, 11) is 1.75. The maximum absolute atomic E-state index is 12.3. The van der Waals surface area contributed by atoms with Crippen LogP contribution < -0.4 is 5.32 Å². The number of rotatable bonds is 3. The normalized spacial score (nSPS) is 11.0. The number of fused-ring (bicyclic) bond motifs is 1. The van der Waals surface area contributed by atoms with Crippen LogP contribution in [0.25, 0.3) is 22.0 Å². The second kappa shape index (κ2) is 5.94. The molecule has 2 N–H and O–H groups in total. The van der Waals surface area contributed by atoms with Crippen molar-refractivity contribution in [3.05, 3.63) is 72.2 Å². The zero-order valence-electron chi connectivity index (χ0n) is 14.1. The molecule has 2 aromatic carbocycles. The number of anilines is 1. The van der Waals surface area contributed by atoms with E-state index < -0.39 is 0 Å². The molecule has 0 fully saturated rings. The highest BCUT2D eigenvalue weighted by molar-refractivity contribution is 6.03. The number of carbonyl (C=O) groups is 1. The van der Waals surface area contributed by atoms with Crippen molar-refractivity contribution in [3.63, 3.8) is 0 Å². The Morgan fingerprint density at radius 3 is 2.64 bits per heavy atom. The smallest absolute Gasteiger partial charge is 0.273 e. The minimum absolute atomic E-state index is 0.162. The molecule has 0 bridgehead atoms. The van der Waals surface area contributed by atoms with Gasteiger partial charge < -0.3 is 10.3 Å². The summed E-state index contributed by atoms with van der Waals surface area (Å²) >= 11 is 0. The van der Waals surface area contributed by atoms with Gasteiger partial charge in [0, 0.05) is 30.6 Å². The summed E-state index contributed by atoms with van der Waals surface area (Å²) in [4.78, 5) is 15.5. The van der Waals surface area contributed by atoms with Gasteiger partial charge in [-0.15, -0.1) is 0 Å². The molecular formula is C20H18N4O. The lowest BCUT2D eigenvalue weighted by Gasteiger charge is -2.11. The number of hydrogen-bond acceptors (Lipinski definition) is 2. The summed E-state index contributed by atoms with van der Waals surface area (Å²) in [5, 5.41) is 8.17. The van der Waals surface area contributed by atoms with Crippen molar-refractivity contribution in [3.8, 4) is 11.1 Å². The first-order valence-electron chi connectivity index (χ1n) is 8.09. The van der Waals surface area contributed by atoms with Crippen LogP contribution in [-0.4, -0.2) is 20.7 Å². The van der Waals surface area contributed by atoms with Crippen molar-refractivity contribution < 1.29 is 4.79 Å². The topological polar surface area (TPSA) is 62.7 Å². The number of benzene rings is 2. The van der Waals surface area contributed by atoms with E-state index in [1.165, 1.54) is 5.39 Å². The van der Waals surface area contributed by atoms with Crippen LogP contribution in [0.5, 0.6) is 0 Å². The van der Waals surface area contributed by atoms with Gasteiger partial charge in [-0.3, -0.25) is 9.48 Å². The lowest BCUT2D eigenvalue weighted by Crippen LogP contribution is -2.16. The fourth-order valence-electron chi connectivity index (χ4n) is 3.00. The second-order valence-electron chi connectivity index (χ2n) is 6.10. The zero-order chi connectivity index (χ0) is 17.4. The Morgan fingerprint density at radius 1 is 1.08 bits per heavy atom. The van der Waals surface area contributed by atoms with Gasteiger partial charge in [0.2, 0.25) is 0 Å². The molecule has 0 radical (unpaired) electrons. The molecule has 4 rings (SSSR count). The van der Waals surface area contributed by atoms with Crippen molar-refractivity contribution in [2.45, 2.75) is 6.92 Å². The van der Waals surface area contributed by atoms with Crippen molar-refractivity contribution in [1.82, 2.24) is 14.8 Å². The number of amides is 1. The molecule has 2 heterocycles. The van der Waals surface area contributed by atoms with Crippen molar-refractivity contribution in [2.75, 3.05) is 5.32 Å². The van der Waals surface area contributed by atoms with E-state index in [1.807, 2.05) is 25.3 Å². The number of aryl methyl sites for hydroxylation is 2. The first-order chi connectivity index (χ1) is 12.1. The van der Waals surface area contributed by atoms with Gasteiger partial charge in [-0.05, 0) is 65.4 Å². The molecule has 0 unspecified atom stereocenters. The van der Waals surface area contributed by atoms with Crippen molar-refractivity contribution in [2.24, 2.45) is 7.05 Å². The maximum atomic E-state index is 12.3. The average molecular weight is 330 g/mol. The molecule has 1 amide bonds. The van der Waals surface area contributed by atoms with Crippen LogP contribution in [-0.2, 0) is 7.05 Å². The van der Waals surface area contributed by atoms with E-state index in [0.29, 0.717) is 5.69 Å². The fourth-order valence-corrected chi connectivity index (χ4v) is 3.00. The Balaban J connectivity index is 1.62. The zero-order valence-corrected chi connectivity index (χ0v) is 14.1. The third-order valence-electron chi connectivity index (χ3n) is 4.41. The van der Waals surface area contributed by atoms with E-state index in [4.69, 9.17) is 0 Å². The minimum atomic E-state index is -0.162. The Hall–Kier alpha value is -3.34. The molecule has 0 aliphatic heterocycles. The summed E-state index contributed by atoms with van der Waals surface area (Å²) < 4.78 is 1.56. The minimum Gasteiger partial charge on any atom is -0.361 e. The molecule has 0 atom stereocenters. The molecule has 124 valence electrons. The molecule has 25 heavy (non-hydrogen) atoms. The highest BCUT2D eigenvalue weighted by atomic mass is 16.2. The second-order valence-corrected chi connectivity index (χ2v) is 6.10. The molecule has 0 spiro atoms. The SMILES string of the molecule is Cc1cc(-c2ccc3[nH]ccc3c2)ccc1NC(=O)c1ccnn1C. The Labute approximate surface area is 145 Å². The number of hydrogen-bond donors (Lipinski definition) is 2. The predicted octanol–water partition coefficient (Wildman–Crippen LogP) is 4.13. The van der Waals surface area contributed by atoms with Crippen LogP contribution in [0.15, 0.2) is 60.9 Å². The van der Waals surface area contributed by atoms with Crippen LogP contribution in [0, 0.1) is 6.92 Å². The number of nitrogens with zero attached hydrogens (tertiary/aromatic N) is 2. The maximum Gasteiger partial charge on any atom is 0.273 e. The monoisotopic (exact) mass is 330 g/mol. The lowest BCUT2D eigenvalue weighted by atomic mass is 10.0. The molecule has 4 aromatic rings. The molecule has 0 saturated heterocycles. The van der Waals surface area contributed by atoms with Gasteiger partial charge in [-0.1, -0.05) is 12.1 Å². The molecule has 5 nitrogen and oxygen atoms in total. The van der Waals surface area contributed by atoms with Gasteiger partial charge in [-0.2, -0.15) is 5.10 Å². The van der Waals surface area contributed by atoms with Gasteiger partial charge in [-0.25, -0.2) is 0 Å². The third kappa shape index (κ3) is 2.80. The highest BCUT2D eigenvalue weighted by Crippen LogP contribution is 2.27. The number of aromatic nitrogens is 3. The van der Waals surface area contributed by atoms with Gasteiger partial charge >= 0.3 is 0 Å². The first-order valence-corrected chi connectivity index (χ1v) is 8.09. The van der Waals surface area contributed by atoms with Gasteiger partial charge in [0.25, 0.3) is 5.91 Å². The quantitative estimate of drug-likeness (QED) is 0.593. The number of carbonyl (C=O) groups excluding carboxylic acids is 1. The summed E-state index contributed by atoms with van der Waals surface area (Å²) in [6.45, 7) is 2.00. The van der Waals surface area contributed by atoms with E-state index in [0.717, 1.165) is 27.9 Å². The standard InChI is InChI=1S/C20H18N4O/c1-13-11-14(15-4-6-18-16(12-15)7-9-21-18)3-5-17(13)23-20(25)19-8-10-22-24(19)2/h3-12,21H,1-2H3,(H,23,25). The Bertz CT molecular complexity index is 1070. The number of nitrogens with one attached hydrogen (secondary N) is 2. The van der Waals surface area contributed by atoms with E-state index in [-0.39, 0.29) is 5.91 Å². The fraction of sp³-hybridized carbons (Fsp3) is 0.100. The summed E-state index contributed by atoms with van der Waals surface area (Å²) in [5.74, 6) is -0.162. The van der Waals surface area contributed by atoms with Crippen LogP contribution in [0.3, 0.4) is 0 Å². The lowest BCUT2D eigenvalue weighted by molar-refractivity contribution is 0.101. The van der Waals surface area contributed by atoms with Crippen molar-refractivity contribution >= 4 is 22.5 Å². The molecule has 2 aromatic heterocycles. The molecule has 5 heteroatoms. The van der Waals surface area contributed by atoms with E-state index in [9.17, 15) is 4.79 Å². The van der Waals surface area contributed by atoms with Gasteiger partial charge in [0.05, 0.1) is 0 Å². The van der Waals surface area contributed by atoms with Gasteiger partial charge in [0.1, 0.15) is 5.69 Å². The van der Waals surface area contributed by atoms with Gasteiger partial charge in [0.15, 0.2) is 0 Å². The number of aromatic amines is 1. The summed E-state index contributed by atoms with van der Waals surface area (Å²) in [6, 6.07) is 16.2. The van der Waals surface area contributed by atoms with Crippen LogP contribution >= 0.6 is 0 Å².